The van der Waals surface area contributed by atoms with Gasteiger partial charge < -0.3 is 31.3 Å². The second-order valence-corrected chi connectivity index (χ2v) is 23.7. The van der Waals surface area contributed by atoms with Crippen LogP contribution in [-0.2, 0) is 0 Å². The minimum absolute atomic E-state index is 0.0115. The fourth-order valence-corrected chi connectivity index (χ4v) is 12.3. The predicted octanol–water partition coefficient (Wildman–Crippen LogP) is 14.3. The van der Waals surface area contributed by atoms with Crippen LogP contribution in [0.2, 0.25) is 0 Å². The summed E-state index contributed by atoms with van der Waals surface area (Å²) in [6, 6.07) is 52.6. The maximum atomic E-state index is 15.3. The summed E-state index contributed by atoms with van der Waals surface area (Å²) in [4.78, 5) is 71.4. The minimum Gasteiger partial charge on any atom is -0.505 e. The van der Waals surface area contributed by atoms with E-state index in [9.17, 15) is 31.1 Å². The van der Waals surface area contributed by atoms with Crippen molar-refractivity contribution in [3.05, 3.63) is 253 Å². The van der Waals surface area contributed by atoms with Crippen LogP contribution in [0.25, 0.3) is 82.5 Å². The maximum absolute atomic E-state index is 15.3. The molecule has 0 radical (unpaired) electrons. The summed E-state index contributed by atoms with van der Waals surface area (Å²) in [7, 11) is 1.57. The number of hydrogen-bond donors (Lipinski definition) is 7. The number of amides is 3. The Morgan fingerprint density at radius 1 is 0.396 bits per heavy atom. The van der Waals surface area contributed by atoms with Crippen molar-refractivity contribution in [2.45, 2.75) is 0 Å². The number of benzene rings is 10. The molecule has 0 bridgehead atoms. The lowest BCUT2D eigenvalue weighted by Gasteiger charge is -2.26. The van der Waals surface area contributed by atoms with Crippen molar-refractivity contribution in [3.8, 4) is 53.3 Å². The number of carbonyl (C=O) groups is 3. The Morgan fingerprint density at radius 2 is 0.726 bits per heavy atom. The van der Waals surface area contributed by atoms with Gasteiger partial charge in [-0.05, 0) is 139 Å². The zero-order chi connectivity index (χ0) is 72.7. The van der Waals surface area contributed by atoms with Crippen LogP contribution >= 0.6 is 0 Å². The normalized spacial score (nSPS) is 11.4. The van der Waals surface area contributed by atoms with Gasteiger partial charge in [0.2, 0.25) is 0 Å². The third-order valence-corrected chi connectivity index (χ3v) is 17.2. The predicted molar refractivity (Wildman–Crippen MR) is 392 cm³/mol. The van der Waals surface area contributed by atoms with E-state index in [1.54, 1.807) is 49.5 Å². The van der Waals surface area contributed by atoms with E-state index in [1.165, 1.54) is 111 Å². The number of carbonyl (C=O) groups excluding carboxylic acids is 3. The lowest BCUT2D eigenvalue weighted by Crippen LogP contribution is -2.28. The minimum atomic E-state index is -0.932. The Hall–Kier alpha value is -16.3. The Kier molecular flexibility index (Phi) is 16.3. The fraction of sp³-hybridized carbons (Fsp3) is 0.0132. The van der Waals surface area contributed by atoms with Crippen LogP contribution in [-0.4, -0.2) is 99.3 Å². The van der Waals surface area contributed by atoms with Crippen molar-refractivity contribution in [1.29, 1.82) is 15.8 Å². The second kappa shape index (κ2) is 26.8. The number of hydrazine groups is 1. The number of nitriles is 3. The van der Waals surface area contributed by atoms with Gasteiger partial charge >= 0.3 is 0 Å². The first kappa shape index (κ1) is 64.4. The number of aromatic nitrogens is 12. The van der Waals surface area contributed by atoms with Gasteiger partial charge in [0.1, 0.15) is 52.0 Å². The van der Waals surface area contributed by atoms with E-state index in [0.717, 1.165) is 32.3 Å². The van der Waals surface area contributed by atoms with E-state index >= 15 is 14.4 Å². The van der Waals surface area contributed by atoms with Gasteiger partial charge in [0, 0.05) is 77.4 Å². The van der Waals surface area contributed by atoms with Gasteiger partial charge in [0.05, 0.1) is 35.3 Å². The standard InChI is InChI=1S/C76H46N24O6/c1-97(96-70-52(37-79)40-88-100(70)76-84-21-10-22-85-76)64-58-28-46-16-7-4-13-43(46)25-49(58)31-61(67(64)103)73(106)91-55-33-53(89-71(104)59-29-47-23-41-11-2-5-14-44(41)26-56(47)62(65(59)101)92-94-68-50(35-77)38-86-98(68)74-80-17-8-18-81-74)32-54(34-55)90-72(105)60-30-48-24-42-12-3-6-15-45(42)27-57(48)63(66(60)102)93-95-69-51(36-78)39-87-99(69)75-82-19-9-20-83-75/h2-34,38-40,96,101-103H,1H3,(H,89,104)(H,90,105)(H,91,106). The average Bonchev–Trinajstić information content (AvgIpc) is 1.13. The third kappa shape index (κ3) is 11.9. The van der Waals surface area contributed by atoms with E-state index in [4.69, 9.17) is 0 Å². The Bertz CT molecular complexity index is 6270. The SMILES string of the molecule is CN(Nc1c(C#N)cnn1-c1ncccn1)c1c(O)c(C(=O)Nc2cc(NC(=O)c3cc4cc5ccccc5cc4c(N=Nc4c(C#N)cnn4-c4ncccn4)c3O)cc(NC(=O)c3cc4cc5ccccc5cc4c(N=Nc4c(C#N)cnn4-c4ncccn4)c3O)c2)cc2cc3ccccc3cc12. The number of azo groups is 2. The number of phenolic OH excluding ortho intramolecular Hbond substituents is 3. The number of hydrogen-bond acceptors (Lipinski definition) is 24. The van der Waals surface area contributed by atoms with Crippen molar-refractivity contribution in [2.24, 2.45) is 20.5 Å². The van der Waals surface area contributed by atoms with Gasteiger partial charge in [-0.15, -0.1) is 20.5 Å². The number of fused-ring (bicyclic) bond motifs is 6. The molecule has 3 amide bonds. The number of phenols is 3. The van der Waals surface area contributed by atoms with Gasteiger partial charge in [-0.25, -0.2) is 29.9 Å². The van der Waals surface area contributed by atoms with Crippen LogP contribution in [0.1, 0.15) is 47.8 Å². The van der Waals surface area contributed by atoms with Crippen LogP contribution in [0.4, 0.5) is 51.6 Å². The molecule has 6 aromatic heterocycles. The molecule has 0 atom stereocenters. The molecule has 0 aliphatic rings. The van der Waals surface area contributed by atoms with Crippen LogP contribution in [0.5, 0.6) is 17.2 Å². The van der Waals surface area contributed by atoms with E-state index < -0.39 is 35.0 Å². The molecule has 30 heteroatoms. The van der Waals surface area contributed by atoms with Crippen LogP contribution in [0.15, 0.2) is 240 Å². The largest absolute Gasteiger partial charge is 0.505 e. The highest BCUT2D eigenvalue weighted by molar-refractivity contribution is 6.18. The number of anilines is 5. The molecule has 0 spiro atoms. The zero-order valence-electron chi connectivity index (χ0n) is 54.8. The summed E-state index contributed by atoms with van der Waals surface area (Å²) in [5.74, 6) is -4.38. The van der Waals surface area contributed by atoms with Crippen molar-refractivity contribution >= 4 is 134 Å². The summed E-state index contributed by atoms with van der Waals surface area (Å²) in [6.45, 7) is 0. The lowest BCUT2D eigenvalue weighted by atomic mass is 9.98. The first-order valence-electron chi connectivity index (χ1n) is 32.0. The molecule has 506 valence electrons. The van der Waals surface area contributed by atoms with Crippen molar-refractivity contribution in [1.82, 2.24) is 59.2 Å². The fourth-order valence-electron chi connectivity index (χ4n) is 12.3. The van der Waals surface area contributed by atoms with Gasteiger partial charge in [0.15, 0.2) is 34.7 Å². The molecule has 0 unspecified atom stereocenters. The van der Waals surface area contributed by atoms with Gasteiger partial charge in [0.25, 0.3) is 35.6 Å². The summed E-state index contributed by atoms with van der Waals surface area (Å²) < 4.78 is 3.70. The summed E-state index contributed by atoms with van der Waals surface area (Å²) in [5.41, 5.74) is 1.78. The smallest absolute Gasteiger partial charge is 0.259 e. The van der Waals surface area contributed by atoms with Crippen molar-refractivity contribution in [3.63, 3.8) is 0 Å². The number of aromatic hydroxyl groups is 3. The van der Waals surface area contributed by atoms with Crippen molar-refractivity contribution < 1.29 is 29.7 Å². The van der Waals surface area contributed by atoms with Gasteiger partial charge in [-0.2, -0.15) is 45.1 Å². The molecular formula is C76H46N24O6. The maximum Gasteiger partial charge on any atom is 0.259 e. The molecule has 30 nitrogen and oxygen atoms in total. The average molecular weight is 1390 g/mol. The molecule has 16 aromatic rings. The summed E-state index contributed by atoms with van der Waals surface area (Å²) in [5, 5.41) is 116. The number of rotatable bonds is 16. The van der Waals surface area contributed by atoms with E-state index in [-0.39, 0.29) is 103 Å². The molecule has 16 rings (SSSR count). The van der Waals surface area contributed by atoms with E-state index in [2.05, 4.69) is 93.1 Å². The highest BCUT2D eigenvalue weighted by atomic mass is 16.3. The number of nitrogens with one attached hydrogen (secondary N) is 4. The highest BCUT2D eigenvalue weighted by Gasteiger charge is 2.28. The third-order valence-electron chi connectivity index (χ3n) is 17.2. The van der Waals surface area contributed by atoms with Crippen LogP contribution in [0.3, 0.4) is 0 Å². The van der Waals surface area contributed by atoms with Gasteiger partial charge in [-0.1, -0.05) is 72.8 Å². The Morgan fingerprint density at radius 3 is 1.11 bits per heavy atom. The van der Waals surface area contributed by atoms with Crippen molar-refractivity contribution in [2.75, 3.05) is 33.4 Å². The molecule has 0 saturated heterocycles. The van der Waals surface area contributed by atoms with E-state index in [0.29, 0.717) is 32.3 Å². The molecule has 0 saturated carbocycles. The Labute approximate surface area is 596 Å². The molecule has 6 heterocycles. The molecule has 0 aliphatic heterocycles. The second-order valence-electron chi connectivity index (χ2n) is 23.7. The molecule has 7 N–H and O–H groups in total. The first-order valence-corrected chi connectivity index (χ1v) is 32.0. The first-order chi connectivity index (χ1) is 51.8. The monoisotopic (exact) mass is 1390 g/mol. The van der Waals surface area contributed by atoms with Crippen LogP contribution in [0, 0.1) is 34.0 Å². The molecule has 0 fully saturated rings. The lowest BCUT2D eigenvalue weighted by molar-refractivity contribution is 0.101. The summed E-state index contributed by atoms with van der Waals surface area (Å²) >= 11 is 0. The topological polar surface area (TPSA) is 415 Å². The van der Waals surface area contributed by atoms with E-state index in [1.807, 2.05) is 97.1 Å². The van der Waals surface area contributed by atoms with Crippen LogP contribution < -0.4 is 26.4 Å². The quantitative estimate of drug-likeness (QED) is 0.0268. The Balaban J connectivity index is 0.817. The molecular weight excluding hydrogens is 1340 g/mol. The molecule has 106 heavy (non-hydrogen) atoms. The molecule has 0 aliphatic carbocycles. The van der Waals surface area contributed by atoms with Gasteiger partial charge in [-0.3, -0.25) is 24.8 Å². The number of nitrogens with zero attached hydrogens (tertiary/aromatic N) is 20. The highest BCUT2D eigenvalue weighted by Crippen LogP contribution is 2.46. The molecule has 10 aromatic carbocycles. The zero-order valence-corrected chi connectivity index (χ0v) is 54.8. The summed E-state index contributed by atoms with van der Waals surface area (Å²) in [6.07, 6.45) is 12.8.